The van der Waals surface area contributed by atoms with Crippen molar-refractivity contribution in [2.75, 3.05) is 25.4 Å². The van der Waals surface area contributed by atoms with Crippen molar-refractivity contribution in [1.82, 2.24) is 15.5 Å². The summed E-state index contributed by atoms with van der Waals surface area (Å²) >= 11 is 0.938. The second-order valence-electron chi connectivity index (χ2n) is 4.79. The Morgan fingerprint density at radius 1 is 1.20 bits per heavy atom. The molecule has 0 aromatic carbocycles. The number of hydrogen-bond donors (Lipinski definition) is 2. The summed E-state index contributed by atoms with van der Waals surface area (Å²) in [5.74, 6) is -1.12. The molecule has 7 nitrogen and oxygen atoms in total. The van der Waals surface area contributed by atoms with Gasteiger partial charge in [-0.1, -0.05) is 25.6 Å². The largest absolute Gasteiger partial charge is 0.348 e. The first-order chi connectivity index (χ1) is 9.41. The van der Waals surface area contributed by atoms with Gasteiger partial charge in [0.1, 0.15) is 0 Å². The summed E-state index contributed by atoms with van der Waals surface area (Å²) in [5.41, 5.74) is 0. The van der Waals surface area contributed by atoms with Crippen LogP contribution < -0.4 is 10.6 Å². The molecule has 20 heavy (non-hydrogen) atoms. The lowest BCUT2D eigenvalue weighted by atomic mass is 10.1. The van der Waals surface area contributed by atoms with Crippen LogP contribution in [0.4, 0.5) is 4.79 Å². The monoisotopic (exact) mass is 301 g/mol. The molecule has 1 heterocycles. The van der Waals surface area contributed by atoms with E-state index in [9.17, 15) is 19.2 Å². The van der Waals surface area contributed by atoms with Crippen molar-refractivity contribution in [3.05, 3.63) is 0 Å². The molecule has 0 atom stereocenters. The van der Waals surface area contributed by atoms with Crippen molar-refractivity contribution in [3.8, 4) is 0 Å². The van der Waals surface area contributed by atoms with Crippen LogP contribution in [0.5, 0.6) is 0 Å². The van der Waals surface area contributed by atoms with E-state index < -0.39 is 11.8 Å². The Kier molecular flexibility index (Phi) is 6.50. The number of nitrogens with one attached hydrogen (secondary N) is 2. The molecule has 0 saturated carbocycles. The molecule has 0 aromatic heterocycles. The molecule has 4 amide bonds. The van der Waals surface area contributed by atoms with Gasteiger partial charge in [0, 0.05) is 19.6 Å². The average molecular weight is 301 g/mol. The smallest absolute Gasteiger partial charge is 0.309 e. The molecule has 0 aliphatic carbocycles. The highest BCUT2D eigenvalue weighted by molar-refractivity contribution is 8.14. The molecule has 0 bridgehead atoms. The fourth-order valence-electron chi connectivity index (χ4n) is 1.51. The van der Waals surface area contributed by atoms with Crippen LogP contribution in [-0.2, 0) is 14.4 Å². The van der Waals surface area contributed by atoms with E-state index in [-0.39, 0.29) is 30.0 Å². The topological polar surface area (TPSA) is 95.6 Å². The fraction of sp³-hybridized carbons (Fsp3) is 0.667. The summed E-state index contributed by atoms with van der Waals surface area (Å²) in [5, 5.41) is 4.58. The van der Waals surface area contributed by atoms with Crippen LogP contribution in [0.15, 0.2) is 0 Å². The Hall–Kier alpha value is -1.57. The van der Waals surface area contributed by atoms with Gasteiger partial charge >= 0.3 is 11.8 Å². The van der Waals surface area contributed by atoms with Gasteiger partial charge in [-0.25, -0.2) is 0 Å². The molecule has 0 spiro atoms. The number of nitrogens with zero attached hydrogens (tertiary/aromatic N) is 1. The predicted molar refractivity (Wildman–Crippen MR) is 75.0 cm³/mol. The Labute approximate surface area is 121 Å². The number of hydrogen-bond acceptors (Lipinski definition) is 5. The Balaban J connectivity index is 2.21. The first-order valence-corrected chi connectivity index (χ1v) is 7.43. The average Bonchev–Trinajstić information content (AvgIpc) is 2.69. The molecule has 1 aliphatic heterocycles. The summed E-state index contributed by atoms with van der Waals surface area (Å²) in [6.07, 6.45) is 0.799. The first kappa shape index (κ1) is 16.5. The Morgan fingerprint density at radius 3 is 2.30 bits per heavy atom. The summed E-state index contributed by atoms with van der Waals surface area (Å²) in [6.45, 7) is 4.66. The van der Waals surface area contributed by atoms with E-state index in [0.29, 0.717) is 12.5 Å². The summed E-state index contributed by atoms with van der Waals surface area (Å²) in [7, 11) is 0. The molecular formula is C12H19N3O4S. The minimum Gasteiger partial charge on any atom is -0.348 e. The number of rotatable bonds is 6. The standard InChI is InChI=1S/C12H19N3O4S/c1-8(2)3-4-13-10(17)11(18)14-5-6-15-9(16)7-20-12(15)19/h8H,3-7H2,1-2H3,(H,13,17)(H,14,18). The van der Waals surface area contributed by atoms with Crippen molar-refractivity contribution in [2.45, 2.75) is 20.3 Å². The van der Waals surface area contributed by atoms with E-state index in [2.05, 4.69) is 10.6 Å². The second-order valence-corrected chi connectivity index (χ2v) is 5.72. The van der Waals surface area contributed by atoms with Crippen molar-refractivity contribution < 1.29 is 19.2 Å². The zero-order valence-corrected chi connectivity index (χ0v) is 12.4. The molecular weight excluding hydrogens is 282 g/mol. The molecule has 2 N–H and O–H groups in total. The minimum absolute atomic E-state index is 0.0779. The van der Waals surface area contributed by atoms with Crippen molar-refractivity contribution in [2.24, 2.45) is 5.92 Å². The van der Waals surface area contributed by atoms with Gasteiger partial charge < -0.3 is 10.6 Å². The molecule has 8 heteroatoms. The maximum absolute atomic E-state index is 11.4. The molecule has 112 valence electrons. The van der Waals surface area contributed by atoms with Gasteiger partial charge in [0.2, 0.25) is 5.91 Å². The zero-order chi connectivity index (χ0) is 15.1. The number of thioether (sulfide) groups is 1. The molecule has 0 unspecified atom stereocenters. The van der Waals surface area contributed by atoms with Gasteiger partial charge in [0.05, 0.1) is 5.75 Å². The fourth-order valence-corrected chi connectivity index (χ4v) is 2.27. The van der Waals surface area contributed by atoms with Crippen molar-refractivity contribution in [1.29, 1.82) is 0 Å². The summed E-state index contributed by atoms with van der Waals surface area (Å²) in [4.78, 5) is 46.5. The molecule has 1 fully saturated rings. The van der Waals surface area contributed by atoms with E-state index in [1.165, 1.54) is 0 Å². The van der Waals surface area contributed by atoms with E-state index >= 15 is 0 Å². The molecule has 1 saturated heterocycles. The highest BCUT2D eigenvalue weighted by Gasteiger charge is 2.29. The molecule has 1 rings (SSSR count). The van der Waals surface area contributed by atoms with E-state index in [4.69, 9.17) is 0 Å². The van der Waals surface area contributed by atoms with Crippen LogP contribution in [0.25, 0.3) is 0 Å². The lowest BCUT2D eigenvalue weighted by molar-refractivity contribution is -0.139. The lowest BCUT2D eigenvalue weighted by Crippen LogP contribution is -2.44. The molecule has 0 aromatic rings. The summed E-state index contributed by atoms with van der Waals surface area (Å²) < 4.78 is 0. The quantitative estimate of drug-likeness (QED) is 0.671. The van der Waals surface area contributed by atoms with Crippen LogP contribution in [0.3, 0.4) is 0 Å². The van der Waals surface area contributed by atoms with Gasteiger partial charge in [-0.05, 0) is 12.3 Å². The third kappa shape index (κ3) is 5.20. The van der Waals surface area contributed by atoms with Crippen LogP contribution in [0, 0.1) is 5.92 Å². The maximum Gasteiger partial charge on any atom is 0.309 e. The maximum atomic E-state index is 11.4. The zero-order valence-electron chi connectivity index (χ0n) is 11.6. The third-order valence-electron chi connectivity index (χ3n) is 2.68. The Bertz CT molecular complexity index is 396. The highest BCUT2D eigenvalue weighted by Crippen LogP contribution is 2.17. The highest BCUT2D eigenvalue weighted by atomic mass is 32.2. The lowest BCUT2D eigenvalue weighted by Gasteiger charge is -2.13. The number of imide groups is 1. The second kappa shape index (κ2) is 7.88. The minimum atomic E-state index is -0.750. The van der Waals surface area contributed by atoms with Gasteiger partial charge in [-0.2, -0.15) is 0 Å². The Morgan fingerprint density at radius 2 is 1.80 bits per heavy atom. The van der Waals surface area contributed by atoms with Crippen molar-refractivity contribution >= 4 is 34.7 Å². The number of carbonyl (C=O) groups is 4. The van der Waals surface area contributed by atoms with Gasteiger partial charge in [0.15, 0.2) is 0 Å². The van der Waals surface area contributed by atoms with Crippen LogP contribution in [-0.4, -0.2) is 53.2 Å². The van der Waals surface area contributed by atoms with Crippen molar-refractivity contribution in [3.63, 3.8) is 0 Å². The van der Waals surface area contributed by atoms with Gasteiger partial charge in [-0.15, -0.1) is 0 Å². The normalized spacial score (nSPS) is 14.8. The van der Waals surface area contributed by atoms with Crippen LogP contribution in [0.2, 0.25) is 0 Å². The third-order valence-corrected chi connectivity index (χ3v) is 3.53. The predicted octanol–water partition coefficient (Wildman–Crippen LogP) is -0.0397. The number of carbonyl (C=O) groups excluding carboxylic acids is 4. The first-order valence-electron chi connectivity index (χ1n) is 6.45. The van der Waals surface area contributed by atoms with Gasteiger partial charge in [0.25, 0.3) is 5.24 Å². The SMILES string of the molecule is CC(C)CCNC(=O)C(=O)NCCN1C(=O)CSC1=O. The summed E-state index contributed by atoms with van der Waals surface area (Å²) in [6, 6.07) is 0. The van der Waals surface area contributed by atoms with E-state index in [0.717, 1.165) is 23.1 Å². The van der Waals surface area contributed by atoms with Gasteiger partial charge in [-0.3, -0.25) is 24.1 Å². The van der Waals surface area contributed by atoms with E-state index in [1.807, 2.05) is 13.8 Å². The van der Waals surface area contributed by atoms with E-state index in [1.54, 1.807) is 0 Å². The molecule has 0 radical (unpaired) electrons. The number of amides is 4. The van der Waals surface area contributed by atoms with Crippen LogP contribution in [0.1, 0.15) is 20.3 Å². The van der Waals surface area contributed by atoms with Crippen LogP contribution >= 0.6 is 11.8 Å². The molecule has 1 aliphatic rings.